The largest absolute Gasteiger partial charge is 0.399 e. The molecule has 1 aromatic carbocycles. The standard InChI is InChI=1S/C13H18N4O2/c1-13(12(16)19)2-3-17(7-13)11(18)8-4-9(14)6-10(15)5-8/h4-6H,2-3,7,14-15H2,1H3,(H2,16,19). The van der Waals surface area contributed by atoms with E-state index in [2.05, 4.69) is 0 Å². The van der Waals surface area contributed by atoms with Crippen molar-refractivity contribution in [2.45, 2.75) is 13.3 Å². The highest BCUT2D eigenvalue weighted by molar-refractivity contribution is 5.97. The molecule has 19 heavy (non-hydrogen) atoms. The first-order valence-corrected chi connectivity index (χ1v) is 6.07. The van der Waals surface area contributed by atoms with Gasteiger partial charge in [0, 0.05) is 30.0 Å². The smallest absolute Gasteiger partial charge is 0.254 e. The zero-order valence-electron chi connectivity index (χ0n) is 10.8. The van der Waals surface area contributed by atoms with Gasteiger partial charge in [-0.25, -0.2) is 0 Å². The lowest BCUT2D eigenvalue weighted by Gasteiger charge is -2.21. The number of nitrogens with zero attached hydrogens (tertiary/aromatic N) is 1. The molecule has 6 heteroatoms. The van der Waals surface area contributed by atoms with Crippen molar-refractivity contribution in [3.05, 3.63) is 23.8 Å². The number of carbonyl (C=O) groups excluding carboxylic acids is 2. The van der Waals surface area contributed by atoms with E-state index in [1.165, 1.54) is 0 Å². The van der Waals surface area contributed by atoms with E-state index in [0.29, 0.717) is 36.4 Å². The summed E-state index contributed by atoms with van der Waals surface area (Å²) in [5.41, 5.74) is 17.4. The normalized spacial score (nSPS) is 22.5. The van der Waals surface area contributed by atoms with Crippen molar-refractivity contribution < 1.29 is 9.59 Å². The van der Waals surface area contributed by atoms with Crippen LogP contribution in [-0.4, -0.2) is 29.8 Å². The Labute approximate surface area is 111 Å². The number of benzene rings is 1. The van der Waals surface area contributed by atoms with Gasteiger partial charge in [-0.1, -0.05) is 0 Å². The van der Waals surface area contributed by atoms with E-state index >= 15 is 0 Å². The Kier molecular flexibility index (Phi) is 3.09. The molecule has 0 aliphatic carbocycles. The Morgan fingerprint density at radius 1 is 1.21 bits per heavy atom. The highest BCUT2D eigenvalue weighted by atomic mass is 16.2. The monoisotopic (exact) mass is 262 g/mol. The molecule has 1 aliphatic heterocycles. The molecule has 1 saturated heterocycles. The second-order valence-corrected chi connectivity index (χ2v) is 5.29. The molecule has 2 amide bonds. The van der Waals surface area contributed by atoms with Crippen LogP contribution in [0.25, 0.3) is 0 Å². The lowest BCUT2D eigenvalue weighted by molar-refractivity contribution is -0.126. The summed E-state index contributed by atoms with van der Waals surface area (Å²) in [4.78, 5) is 25.3. The third-order valence-electron chi connectivity index (χ3n) is 3.58. The van der Waals surface area contributed by atoms with Gasteiger partial charge in [0.15, 0.2) is 0 Å². The van der Waals surface area contributed by atoms with Crippen molar-refractivity contribution in [2.24, 2.45) is 11.1 Å². The van der Waals surface area contributed by atoms with Gasteiger partial charge in [0.1, 0.15) is 0 Å². The lowest BCUT2D eigenvalue weighted by Crippen LogP contribution is -2.38. The molecule has 0 radical (unpaired) electrons. The third-order valence-corrected chi connectivity index (χ3v) is 3.58. The van der Waals surface area contributed by atoms with E-state index in [0.717, 1.165) is 0 Å². The molecule has 0 bridgehead atoms. The third kappa shape index (κ3) is 2.47. The van der Waals surface area contributed by atoms with Gasteiger partial charge in [0.2, 0.25) is 5.91 Å². The van der Waals surface area contributed by atoms with Gasteiger partial charge in [-0.3, -0.25) is 9.59 Å². The van der Waals surface area contributed by atoms with Crippen LogP contribution in [0.1, 0.15) is 23.7 Å². The number of likely N-dealkylation sites (tertiary alicyclic amines) is 1. The summed E-state index contributed by atoms with van der Waals surface area (Å²) in [5.74, 6) is -0.557. The Hall–Kier alpha value is -2.24. The van der Waals surface area contributed by atoms with Crippen molar-refractivity contribution in [3.63, 3.8) is 0 Å². The fourth-order valence-corrected chi connectivity index (χ4v) is 2.32. The van der Waals surface area contributed by atoms with Crippen LogP contribution in [-0.2, 0) is 4.79 Å². The summed E-state index contributed by atoms with van der Waals surface area (Å²) >= 11 is 0. The molecule has 102 valence electrons. The summed E-state index contributed by atoms with van der Waals surface area (Å²) < 4.78 is 0. The summed E-state index contributed by atoms with van der Waals surface area (Å²) in [6.45, 7) is 2.61. The highest BCUT2D eigenvalue weighted by Crippen LogP contribution is 2.30. The van der Waals surface area contributed by atoms with Gasteiger partial charge in [-0.2, -0.15) is 0 Å². The van der Waals surface area contributed by atoms with E-state index < -0.39 is 5.41 Å². The maximum absolute atomic E-state index is 12.3. The molecule has 1 atom stereocenters. The van der Waals surface area contributed by atoms with Gasteiger partial charge in [0.25, 0.3) is 5.91 Å². The summed E-state index contributed by atoms with van der Waals surface area (Å²) in [6, 6.07) is 4.76. The molecule has 6 nitrogen and oxygen atoms in total. The van der Waals surface area contributed by atoms with Crippen LogP contribution >= 0.6 is 0 Å². The molecule has 0 saturated carbocycles. The number of nitrogen functional groups attached to an aromatic ring is 2. The Morgan fingerprint density at radius 2 is 1.79 bits per heavy atom. The number of carbonyl (C=O) groups is 2. The van der Waals surface area contributed by atoms with Crippen LogP contribution in [0, 0.1) is 5.41 Å². The number of nitrogens with two attached hydrogens (primary N) is 3. The molecule has 1 aliphatic rings. The van der Waals surface area contributed by atoms with Crippen molar-refractivity contribution >= 4 is 23.2 Å². The van der Waals surface area contributed by atoms with Crippen molar-refractivity contribution in [3.8, 4) is 0 Å². The predicted octanol–water partition coefficient (Wildman–Crippen LogP) is 0.189. The Balaban J connectivity index is 2.20. The fourth-order valence-electron chi connectivity index (χ4n) is 2.32. The number of primary amides is 1. The number of rotatable bonds is 2. The second-order valence-electron chi connectivity index (χ2n) is 5.29. The first-order valence-electron chi connectivity index (χ1n) is 6.07. The molecule has 6 N–H and O–H groups in total. The maximum Gasteiger partial charge on any atom is 0.254 e. The number of anilines is 2. The average molecular weight is 262 g/mol. The van der Waals surface area contributed by atoms with Gasteiger partial charge in [-0.15, -0.1) is 0 Å². The quantitative estimate of drug-likeness (QED) is 0.660. The molecule has 0 aromatic heterocycles. The number of amides is 2. The highest BCUT2D eigenvalue weighted by Gasteiger charge is 2.40. The first-order chi connectivity index (χ1) is 8.82. The molecule has 0 spiro atoms. The zero-order valence-corrected chi connectivity index (χ0v) is 10.8. The predicted molar refractivity (Wildman–Crippen MR) is 73.1 cm³/mol. The minimum atomic E-state index is -0.651. The van der Waals surface area contributed by atoms with Crippen LogP contribution in [0.15, 0.2) is 18.2 Å². The van der Waals surface area contributed by atoms with Crippen LogP contribution in [0.2, 0.25) is 0 Å². The number of hydrogen-bond acceptors (Lipinski definition) is 4. The van der Waals surface area contributed by atoms with Crippen molar-refractivity contribution in [2.75, 3.05) is 24.6 Å². The maximum atomic E-state index is 12.3. The van der Waals surface area contributed by atoms with Crippen LogP contribution < -0.4 is 17.2 Å². The van der Waals surface area contributed by atoms with Crippen LogP contribution in [0.3, 0.4) is 0 Å². The summed E-state index contributed by atoms with van der Waals surface area (Å²) in [7, 11) is 0. The van der Waals surface area contributed by atoms with E-state index in [1.807, 2.05) is 0 Å². The Morgan fingerprint density at radius 3 is 2.26 bits per heavy atom. The zero-order chi connectivity index (χ0) is 14.2. The van der Waals surface area contributed by atoms with Gasteiger partial charge >= 0.3 is 0 Å². The first kappa shape index (κ1) is 13.2. The van der Waals surface area contributed by atoms with Crippen LogP contribution in [0.4, 0.5) is 11.4 Å². The van der Waals surface area contributed by atoms with Gasteiger partial charge in [0.05, 0.1) is 5.41 Å². The van der Waals surface area contributed by atoms with E-state index in [1.54, 1.807) is 30.0 Å². The molecule has 1 unspecified atom stereocenters. The molecule has 2 rings (SSSR count). The Bertz CT molecular complexity index is 523. The molecular weight excluding hydrogens is 244 g/mol. The van der Waals surface area contributed by atoms with Crippen molar-refractivity contribution in [1.82, 2.24) is 4.90 Å². The minimum absolute atomic E-state index is 0.177. The van der Waals surface area contributed by atoms with Gasteiger partial charge < -0.3 is 22.1 Å². The SMILES string of the molecule is CC1(C(N)=O)CCN(C(=O)c2cc(N)cc(N)c2)C1. The van der Waals surface area contributed by atoms with E-state index in [4.69, 9.17) is 17.2 Å². The van der Waals surface area contributed by atoms with Crippen molar-refractivity contribution in [1.29, 1.82) is 0 Å². The topological polar surface area (TPSA) is 115 Å². The molecular formula is C13H18N4O2. The summed E-state index contributed by atoms with van der Waals surface area (Å²) in [6.07, 6.45) is 0.575. The van der Waals surface area contributed by atoms with Crippen LogP contribution in [0.5, 0.6) is 0 Å². The van der Waals surface area contributed by atoms with E-state index in [9.17, 15) is 9.59 Å². The number of hydrogen-bond donors (Lipinski definition) is 3. The molecule has 1 heterocycles. The molecule has 1 fully saturated rings. The molecule has 1 aromatic rings. The fraction of sp³-hybridized carbons (Fsp3) is 0.385. The van der Waals surface area contributed by atoms with E-state index in [-0.39, 0.29) is 11.8 Å². The van der Waals surface area contributed by atoms with Gasteiger partial charge in [-0.05, 0) is 31.5 Å². The average Bonchev–Trinajstić information content (AvgIpc) is 2.71. The minimum Gasteiger partial charge on any atom is -0.399 e. The summed E-state index contributed by atoms with van der Waals surface area (Å²) in [5, 5.41) is 0. The lowest BCUT2D eigenvalue weighted by atomic mass is 9.89. The second kappa shape index (κ2) is 4.46.